The molecule has 0 N–H and O–H groups in total. The highest BCUT2D eigenvalue weighted by Gasteiger charge is 2.34. The number of rotatable bonds is 2. The Labute approximate surface area is 84.9 Å². The summed E-state index contributed by atoms with van der Waals surface area (Å²) in [5, 5.41) is 9.39. The van der Waals surface area contributed by atoms with Crippen molar-refractivity contribution in [3.63, 3.8) is 0 Å². The molecule has 0 aromatic carbocycles. The first-order valence-electron chi connectivity index (χ1n) is 4.11. The molecule has 1 aliphatic rings. The number of aromatic nitrogens is 2. The van der Waals surface area contributed by atoms with E-state index in [1.165, 1.54) is 17.1 Å². The quantitative estimate of drug-likeness (QED) is 0.703. The zero-order valence-electron chi connectivity index (χ0n) is 7.32. The fraction of sp³-hybridized carbons (Fsp3) is 0.625. The molecule has 1 saturated heterocycles. The minimum atomic E-state index is 0.156. The van der Waals surface area contributed by atoms with Crippen LogP contribution < -0.4 is 0 Å². The number of nitrogens with zero attached hydrogens (tertiary/aromatic N) is 2. The van der Waals surface area contributed by atoms with Crippen molar-refractivity contribution in [1.29, 1.82) is 0 Å². The highest BCUT2D eigenvalue weighted by molar-refractivity contribution is 7.99. The van der Waals surface area contributed by atoms with Gasteiger partial charge in [-0.05, 0) is 12.2 Å². The second-order valence-corrected chi connectivity index (χ2v) is 5.54. The van der Waals surface area contributed by atoms with Gasteiger partial charge in [0.2, 0.25) is 0 Å². The van der Waals surface area contributed by atoms with Gasteiger partial charge in [0, 0.05) is 11.2 Å². The van der Waals surface area contributed by atoms with Crippen molar-refractivity contribution in [2.45, 2.75) is 18.8 Å². The molecule has 0 spiro atoms. The summed E-state index contributed by atoms with van der Waals surface area (Å²) in [5.74, 6) is 2.28. The first kappa shape index (κ1) is 9.15. The standard InChI is InChI=1S/C8H10N2OS2/c1-8(2-3-12-5-8)7-10-9-6(4-11)13-7/h4H,2-3,5H2,1H3. The molecule has 2 rings (SSSR count). The van der Waals surface area contributed by atoms with E-state index in [-0.39, 0.29) is 5.41 Å². The van der Waals surface area contributed by atoms with E-state index in [9.17, 15) is 4.79 Å². The maximum atomic E-state index is 10.4. The second-order valence-electron chi connectivity index (χ2n) is 3.43. The molecule has 2 heterocycles. The molecule has 0 radical (unpaired) electrons. The van der Waals surface area contributed by atoms with Crippen molar-refractivity contribution in [2.24, 2.45) is 0 Å². The minimum Gasteiger partial charge on any atom is -0.295 e. The minimum absolute atomic E-state index is 0.156. The third-order valence-electron chi connectivity index (χ3n) is 2.28. The summed E-state index contributed by atoms with van der Waals surface area (Å²) in [7, 11) is 0. The molecular formula is C8H10N2OS2. The maximum Gasteiger partial charge on any atom is 0.180 e. The fourth-order valence-electron chi connectivity index (χ4n) is 1.36. The Bertz CT molecular complexity index is 318. The summed E-state index contributed by atoms with van der Waals surface area (Å²) < 4.78 is 0. The zero-order chi connectivity index (χ0) is 9.31. The lowest BCUT2D eigenvalue weighted by Gasteiger charge is -2.17. The lowest BCUT2D eigenvalue weighted by molar-refractivity contribution is 0.112. The van der Waals surface area contributed by atoms with Crippen LogP contribution in [0.5, 0.6) is 0 Å². The Morgan fingerprint density at radius 1 is 1.54 bits per heavy atom. The van der Waals surface area contributed by atoms with E-state index < -0.39 is 0 Å². The van der Waals surface area contributed by atoms with E-state index in [1.807, 2.05) is 11.8 Å². The Hall–Kier alpha value is -0.420. The molecule has 0 aliphatic carbocycles. The number of carbonyl (C=O) groups excluding carboxylic acids is 1. The number of thioether (sulfide) groups is 1. The molecule has 3 nitrogen and oxygen atoms in total. The highest BCUT2D eigenvalue weighted by atomic mass is 32.2. The van der Waals surface area contributed by atoms with Crippen LogP contribution in [-0.2, 0) is 5.41 Å². The molecule has 0 bridgehead atoms. The van der Waals surface area contributed by atoms with Crippen LogP contribution in [0.1, 0.15) is 28.2 Å². The van der Waals surface area contributed by atoms with Crippen molar-refractivity contribution in [1.82, 2.24) is 10.2 Å². The third kappa shape index (κ3) is 1.62. The summed E-state index contributed by atoms with van der Waals surface area (Å²) in [4.78, 5) is 10.4. The van der Waals surface area contributed by atoms with Crippen molar-refractivity contribution in [3.05, 3.63) is 10.0 Å². The van der Waals surface area contributed by atoms with Crippen LogP contribution in [0, 0.1) is 0 Å². The predicted octanol–water partition coefficient (Wildman–Crippen LogP) is 1.75. The van der Waals surface area contributed by atoms with Crippen molar-refractivity contribution >= 4 is 29.4 Å². The first-order valence-corrected chi connectivity index (χ1v) is 6.09. The van der Waals surface area contributed by atoms with Crippen molar-refractivity contribution in [2.75, 3.05) is 11.5 Å². The van der Waals surface area contributed by atoms with Gasteiger partial charge >= 0.3 is 0 Å². The van der Waals surface area contributed by atoms with Gasteiger partial charge < -0.3 is 0 Å². The number of hydrogen-bond acceptors (Lipinski definition) is 5. The Balaban J connectivity index is 2.28. The van der Waals surface area contributed by atoms with Crippen molar-refractivity contribution < 1.29 is 4.79 Å². The van der Waals surface area contributed by atoms with Gasteiger partial charge in [0.25, 0.3) is 0 Å². The van der Waals surface area contributed by atoms with Gasteiger partial charge in [-0.2, -0.15) is 11.8 Å². The van der Waals surface area contributed by atoms with Crippen LogP contribution in [0.3, 0.4) is 0 Å². The lowest BCUT2D eigenvalue weighted by atomic mass is 9.91. The van der Waals surface area contributed by atoms with Gasteiger partial charge in [0.15, 0.2) is 11.3 Å². The van der Waals surface area contributed by atoms with Crippen molar-refractivity contribution in [3.8, 4) is 0 Å². The molecule has 1 atom stereocenters. The molecule has 13 heavy (non-hydrogen) atoms. The van der Waals surface area contributed by atoms with Crippen LogP contribution in [0.2, 0.25) is 0 Å². The smallest absolute Gasteiger partial charge is 0.180 e. The predicted molar refractivity (Wildman–Crippen MR) is 54.6 cm³/mol. The Kier molecular flexibility index (Phi) is 2.38. The largest absolute Gasteiger partial charge is 0.295 e. The molecule has 0 amide bonds. The van der Waals surface area contributed by atoms with E-state index >= 15 is 0 Å². The van der Waals surface area contributed by atoms with E-state index in [4.69, 9.17) is 0 Å². The van der Waals surface area contributed by atoms with Gasteiger partial charge in [-0.25, -0.2) is 0 Å². The molecular weight excluding hydrogens is 204 g/mol. The SMILES string of the molecule is CC1(c2nnc(C=O)s2)CCSC1. The lowest BCUT2D eigenvalue weighted by Crippen LogP contribution is -2.20. The second kappa shape index (κ2) is 3.38. The van der Waals surface area contributed by atoms with Crippen LogP contribution in [0.4, 0.5) is 0 Å². The van der Waals surface area contributed by atoms with E-state index in [2.05, 4.69) is 17.1 Å². The molecule has 0 saturated carbocycles. The molecule has 1 fully saturated rings. The number of aldehydes is 1. The summed E-state index contributed by atoms with van der Waals surface area (Å²) in [6, 6.07) is 0. The van der Waals surface area contributed by atoms with Crippen LogP contribution in [0.25, 0.3) is 0 Å². The summed E-state index contributed by atoms with van der Waals surface area (Å²) in [5.41, 5.74) is 0.156. The molecule has 1 unspecified atom stereocenters. The number of hydrogen-bond donors (Lipinski definition) is 0. The van der Waals surface area contributed by atoms with Crippen LogP contribution in [0.15, 0.2) is 0 Å². The van der Waals surface area contributed by atoms with Gasteiger partial charge in [-0.15, -0.1) is 10.2 Å². The fourth-order valence-corrected chi connectivity index (χ4v) is 3.75. The third-order valence-corrected chi connectivity index (χ3v) is 4.77. The first-order chi connectivity index (χ1) is 6.24. The van der Waals surface area contributed by atoms with Gasteiger partial charge in [-0.3, -0.25) is 4.79 Å². The monoisotopic (exact) mass is 214 g/mol. The average molecular weight is 214 g/mol. The van der Waals surface area contributed by atoms with E-state index in [1.54, 1.807) is 0 Å². The summed E-state index contributed by atoms with van der Waals surface area (Å²) >= 11 is 3.37. The molecule has 1 aliphatic heterocycles. The average Bonchev–Trinajstić information content (AvgIpc) is 2.72. The van der Waals surface area contributed by atoms with Crippen LogP contribution >= 0.6 is 23.1 Å². The highest BCUT2D eigenvalue weighted by Crippen LogP contribution is 2.39. The topological polar surface area (TPSA) is 42.9 Å². The van der Waals surface area contributed by atoms with E-state index in [0.29, 0.717) is 5.01 Å². The van der Waals surface area contributed by atoms with Gasteiger partial charge in [-0.1, -0.05) is 18.3 Å². The van der Waals surface area contributed by atoms with Gasteiger partial charge in [0.1, 0.15) is 5.01 Å². The molecule has 5 heteroatoms. The van der Waals surface area contributed by atoms with E-state index in [0.717, 1.165) is 23.5 Å². The van der Waals surface area contributed by atoms with Crippen LogP contribution in [-0.4, -0.2) is 28.0 Å². The summed E-state index contributed by atoms with van der Waals surface area (Å²) in [6.07, 6.45) is 1.91. The molecule has 1 aromatic heterocycles. The zero-order valence-corrected chi connectivity index (χ0v) is 8.95. The summed E-state index contributed by atoms with van der Waals surface area (Å²) in [6.45, 7) is 2.20. The molecule has 70 valence electrons. The normalized spacial score (nSPS) is 27.8. The molecule has 1 aromatic rings. The Morgan fingerprint density at radius 2 is 2.38 bits per heavy atom. The Morgan fingerprint density at radius 3 is 2.92 bits per heavy atom. The van der Waals surface area contributed by atoms with Gasteiger partial charge in [0.05, 0.1) is 0 Å². The maximum absolute atomic E-state index is 10.4. The number of carbonyl (C=O) groups is 1.